The molecule has 1 saturated carbocycles. The molecular weight excluding hydrogens is 260 g/mol. The third-order valence-corrected chi connectivity index (χ3v) is 3.74. The van der Waals surface area contributed by atoms with Crippen LogP contribution in [-0.2, 0) is 0 Å². The molecule has 20 heavy (non-hydrogen) atoms. The van der Waals surface area contributed by atoms with Gasteiger partial charge in [-0.05, 0) is 25.0 Å². The molecule has 1 amide bonds. The molecule has 1 aromatic rings. The van der Waals surface area contributed by atoms with Gasteiger partial charge in [-0.3, -0.25) is 9.78 Å². The van der Waals surface area contributed by atoms with Gasteiger partial charge in [0.25, 0.3) is 5.91 Å². The lowest BCUT2D eigenvalue weighted by Crippen LogP contribution is -2.46. The van der Waals surface area contributed by atoms with Crippen LogP contribution in [0, 0.1) is 0 Å². The standard InChI is InChI=1S/C14H18N2O4/c1-16(11-4-2-3-5-12(11)17)13(18)10-7-6-9(8-15-10)14(19)20/h6-8,11-12,17H,2-5H2,1H3,(H,19,20). The van der Waals surface area contributed by atoms with Crippen molar-refractivity contribution in [1.29, 1.82) is 0 Å². The minimum Gasteiger partial charge on any atom is -0.478 e. The number of aromatic nitrogens is 1. The van der Waals surface area contributed by atoms with Gasteiger partial charge in [0, 0.05) is 13.2 Å². The van der Waals surface area contributed by atoms with Crippen molar-refractivity contribution in [3.8, 4) is 0 Å². The van der Waals surface area contributed by atoms with Gasteiger partial charge >= 0.3 is 5.97 Å². The number of nitrogens with zero attached hydrogens (tertiary/aromatic N) is 2. The van der Waals surface area contributed by atoms with Crippen LogP contribution in [0.1, 0.15) is 46.5 Å². The van der Waals surface area contributed by atoms with E-state index in [9.17, 15) is 14.7 Å². The van der Waals surface area contributed by atoms with Crippen molar-refractivity contribution in [3.05, 3.63) is 29.6 Å². The van der Waals surface area contributed by atoms with Gasteiger partial charge in [-0.15, -0.1) is 0 Å². The number of aliphatic hydroxyl groups excluding tert-OH is 1. The van der Waals surface area contributed by atoms with Crippen LogP contribution in [0.4, 0.5) is 0 Å². The van der Waals surface area contributed by atoms with E-state index in [1.54, 1.807) is 7.05 Å². The van der Waals surface area contributed by atoms with E-state index < -0.39 is 12.1 Å². The number of carbonyl (C=O) groups is 2. The molecule has 6 heteroatoms. The van der Waals surface area contributed by atoms with Crippen molar-refractivity contribution in [2.24, 2.45) is 0 Å². The normalized spacial score (nSPS) is 22.3. The first-order valence-electron chi connectivity index (χ1n) is 6.65. The lowest BCUT2D eigenvalue weighted by molar-refractivity contribution is 0.0264. The SMILES string of the molecule is CN(C(=O)c1ccc(C(=O)O)cn1)C1CCCCC1O. The second-order valence-corrected chi connectivity index (χ2v) is 5.07. The van der Waals surface area contributed by atoms with Crippen molar-refractivity contribution in [1.82, 2.24) is 9.88 Å². The average Bonchev–Trinajstić information content (AvgIpc) is 2.46. The molecular formula is C14H18N2O4. The number of aliphatic hydroxyl groups is 1. The Bertz CT molecular complexity index is 500. The van der Waals surface area contributed by atoms with Gasteiger partial charge in [0.05, 0.1) is 17.7 Å². The molecule has 1 aliphatic rings. The van der Waals surface area contributed by atoms with Gasteiger partial charge < -0.3 is 15.1 Å². The molecule has 0 aliphatic heterocycles. The minimum absolute atomic E-state index is 0.0434. The Labute approximate surface area is 117 Å². The van der Waals surface area contributed by atoms with E-state index in [-0.39, 0.29) is 23.2 Å². The molecule has 6 nitrogen and oxygen atoms in total. The zero-order chi connectivity index (χ0) is 14.7. The monoisotopic (exact) mass is 278 g/mol. The fraction of sp³-hybridized carbons (Fsp3) is 0.500. The molecule has 2 unspecified atom stereocenters. The van der Waals surface area contributed by atoms with Gasteiger partial charge in [0.2, 0.25) is 0 Å². The van der Waals surface area contributed by atoms with Crippen molar-refractivity contribution in [2.45, 2.75) is 37.8 Å². The molecule has 1 aliphatic carbocycles. The summed E-state index contributed by atoms with van der Waals surface area (Å²) in [5.74, 6) is -1.37. The highest BCUT2D eigenvalue weighted by Gasteiger charge is 2.30. The predicted molar refractivity (Wildman–Crippen MR) is 71.6 cm³/mol. The quantitative estimate of drug-likeness (QED) is 0.865. The first-order valence-corrected chi connectivity index (χ1v) is 6.65. The summed E-state index contributed by atoms with van der Waals surface area (Å²) >= 11 is 0. The maximum Gasteiger partial charge on any atom is 0.337 e. The van der Waals surface area contributed by atoms with Crippen molar-refractivity contribution < 1.29 is 19.8 Å². The number of likely N-dealkylation sites (N-methyl/N-ethyl adjacent to an activating group) is 1. The third kappa shape index (κ3) is 2.96. The third-order valence-electron chi connectivity index (χ3n) is 3.74. The maximum atomic E-state index is 12.3. The van der Waals surface area contributed by atoms with E-state index >= 15 is 0 Å². The van der Waals surface area contributed by atoms with Gasteiger partial charge in [-0.25, -0.2) is 4.79 Å². The number of carbonyl (C=O) groups excluding carboxylic acids is 1. The summed E-state index contributed by atoms with van der Waals surface area (Å²) in [5, 5.41) is 18.8. The molecule has 0 spiro atoms. The summed E-state index contributed by atoms with van der Waals surface area (Å²) in [5.41, 5.74) is 0.233. The highest BCUT2D eigenvalue weighted by molar-refractivity contribution is 5.93. The topological polar surface area (TPSA) is 90.7 Å². The number of carboxylic acids is 1. The highest BCUT2D eigenvalue weighted by atomic mass is 16.4. The zero-order valence-corrected chi connectivity index (χ0v) is 11.3. The van der Waals surface area contributed by atoms with Crippen LogP contribution >= 0.6 is 0 Å². The minimum atomic E-state index is -1.08. The Balaban J connectivity index is 2.11. The predicted octanol–water partition coefficient (Wildman–Crippen LogP) is 1.16. The molecule has 0 bridgehead atoms. The van der Waals surface area contributed by atoms with Crippen molar-refractivity contribution in [2.75, 3.05) is 7.05 Å². The molecule has 1 heterocycles. The van der Waals surface area contributed by atoms with Crippen LogP contribution in [0.5, 0.6) is 0 Å². The number of carboxylic acid groups (broad SMARTS) is 1. The van der Waals surface area contributed by atoms with Crippen LogP contribution in [0.15, 0.2) is 18.3 Å². The molecule has 0 saturated heterocycles. The second-order valence-electron chi connectivity index (χ2n) is 5.07. The molecule has 0 aromatic carbocycles. The fourth-order valence-corrected chi connectivity index (χ4v) is 2.52. The average molecular weight is 278 g/mol. The molecule has 1 fully saturated rings. The zero-order valence-electron chi connectivity index (χ0n) is 11.3. The number of hydrogen-bond acceptors (Lipinski definition) is 4. The Hall–Kier alpha value is -1.95. The molecule has 1 aromatic heterocycles. The fourth-order valence-electron chi connectivity index (χ4n) is 2.52. The maximum absolute atomic E-state index is 12.3. The summed E-state index contributed by atoms with van der Waals surface area (Å²) in [6, 6.07) is 2.56. The summed E-state index contributed by atoms with van der Waals surface area (Å²) in [6.07, 6.45) is 4.11. The lowest BCUT2D eigenvalue weighted by Gasteiger charge is -2.35. The van der Waals surface area contributed by atoms with Crippen LogP contribution in [0.2, 0.25) is 0 Å². The Morgan fingerprint density at radius 3 is 2.55 bits per heavy atom. The molecule has 0 radical (unpaired) electrons. The summed E-state index contributed by atoms with van der Waals surface area (Å²) in [4.78, 5) is 28.4. The van der Waals surface area contributed by atoms with Crippen LogP contribution in [0.25, 0.3) is 0 Å². The van der Waals surface area contributed by atoms with E-state index in [2.05, 4.69) is 4.98 Å². The van der Waals surface area contributed by atoms with Crippen molar-refractivity contribution >= 4 is 11.9 Å². The van der Waals surface area contributed by atoms with E-state index in [4.69, 9.17) is 5.11 Å². The number of pyridine rings is 1. The number of aromatic carboxylic acids is 1. The number of rotatable bonds is 3. The molecule has 2 atom stereocenters. The smallest absolute Gasteiger partial charge is 0.337 e. The van der Waals surface area contributed by atoms with Gasteiger partial charge in [-0.1, -0.05) is 12.8 Å². The van der Waals surface area contributed by atoms with E-state index in [1.807, 2.05) is 0 Å². The highest BCUT2D eigenvalue weighted by Crippen LogP contribution is 2.23. The Morgan fingerprint density at radius 1 is 1.30 bits per heavy atom. The number of amides is 1. The van der Waals surface area contributed by atoms with Crippen LogP contribution < -0.4 is 0 Å². The lowest BCUT2D eigenvalue weighted by atomic mass is 9.91. The summed E-state index contributed by atoms with van der Waals surface area (Å²) < 4.78 is 0. The molecule has 2 N–H and O–H groups in total. The van der Waals surface area contributed by atoms with Crippen molar-refractivity contribution in [3.63, 3.8) is 0 Å². The van der Waals surface area contributed by atoms with Crippen LogP contribution in [-0.4, -0.2) is 51.2 Å². The van der Waals surface area contributed by atoms with E-state index in [0.29, 0.717) is 6.42 Å². The summed E-state index contributed by atoms with van der Waals surface area (Å²) in [6.45, 7) is 0. The Morgan fingerprint density at radius 2 is 2.00 bits per heavy atom. The first-order chi connectivity index (χ1) is 9.50. The molecule has 108 valence electrons. The van der Waals surface area contributed by atoms with Gasteiger partial charge in [-0.2, -0.15) is 0 Å². The number of hydrogen-bond donors (Lipinski definition) is 2. The van der Waals surface area contributed by atoms with E-state index in [1.165, 1.54) is 23.2 Å². The largest absolute Gasteiger partial charge is 0.478 e. The van der Waals surface area contributed by atoms with Gasteiger partial charge in [0.15, 0.2) is 0 Å². The van der Waals surface area contributed by atoms with Gasteiger partial charge in [0.1, 0.15) is 5.69 Å². The first kappa shape index (κ1) is 14.5. The van der Waals surface area contributed by atoms with Crippen LogP contribution in [0.3, 0.4) is 0 Å². The Kier molecular flexibility index (Phi) is 4.34. The van der Waals surface area contributed by atoms with E-state index in [0.717, 1.165) is 19.3 Å². The second kappa shape index (κ2) is 6.00. The molecule has 2 rings (SSSR count). The summed E-state index contributed by atoms with van der Waals surface area (Å²) in [7, 11) is 1.65.